The van der Waals surface area contributed by atoms with Crippen LogP contribution in [0, 0.1) is 69.5 Å². The molecule has 1 aliphatic rings. The van der Waals surface area contributed by atoms with E-state index in [0.717, 1.165) is 8.58 Å². The molecule has 0 spiro atoms. The summed E-state index contributed by atoms with van der Waals surface area (Å²) in [5.74, 6) is 7.34. The fourth-order valence-corrected chi connectivity index (χ4v) is 3.67. The summed E-state index contributed by atoms with van der Waals surface area (Å²) in [7, 11) is 0.777. The van der Waals surface area contributed by atoms with Crippen molar-refractivity contribution in [3.8, 4) is 0 Å². The first-order valence-corrected chi connectivity index (χ1v) is 10.3. The van der Waals surface area contributed by atoms with Gasteiger partial charge in [0.15, 0.2) is 0 Å². The molecule has 3 rings (SSSR count). The summed E-state index contributed by atoms with van der Waals surface area (Å²) >= 11 is 0. The molecule has 1 aliphatic carbocycles. The molecule has 5 radical (unpaired) electrons. The smallest absolute Gasteiger partial charge is 0 e. The predicted octanol–water partition coefficient (Wildman–Crippen LogP) is 5.06. The van der Waals surface area contributed by atoms with Crippen molar-refractivity contribution in [1.29, 1.82) is 0 Å². The van der Waals surface area contributed by atoms with Gasteiger partial charge in [0.05, 0.1) is 0 Å². The van der Waals surface area contributed by atoms with Gasteiger partial charge in [0.1, 0.15) is 0 Å². The van der Waals surface area contributed by atoms with Crippen molar-refractivity contribution in [3.05, 3.63) is 130 Å². The van der Waals surface area contributed by atoms with E-state index < -0.39 is 0 Å². The Morgan fingerprint density at radius 2 is 0.541 bits per heavy atom. The molecular formula is C28H26Fe2O6P. The van der Waals surface area contributed by atoms with Crippen molar-refractivity contribution < 1.29 is 62.1 Å². The summed E-state index contributed by atoms with van der Waals surface area (Å²) in [5, 5.41) is 2.79. The Morgan fingerprint density at radius 1 is 0.378 bits per heavy atom. The molecule has 0 N–H and O–H groups in total. The molecule has 1 fully saturated rings. The van der Waals surface area contributed by atoms with Crippen LogP contribution in [0.2, 0.25) is 0 Å². The number of hydrogen-bond acceptors (Lipinski definition) is 0. The quantitative estimate of drug-likeness (QED) is 0.198. The molecule has 37 heavy (non-hydrogen) atoms. The van der Waals surface area contributed by atoms with Gasteiger partial charge in [-0.05, 0) is 40.2 Å². The molecule has 0 bridgehead atoms. The van der Waals surface area contributed by atoms with Crippen LogP contribution in [-0.2, 0) is 62.1 Å². The van der Waals surface area contributed by atoms with Crippen molar-refractivity contribution in [3.63, 3.8) is 0 Å². The van der Waals surface area contributed by atoms with E-state index >= 15 is 0 Å². The fraction of sp³-hybridized carbons (Fsp3) is 0.179. The molecule has 6 nitrogen and oxygen atoms in total. The van der Waals surface area contributed by atoms with Crippen molar-refractivity contribution in [2.24, 2.45) is 0 Å². The van der Waals surface area contributed by atoms with E-state index in [2.05, 4.69) is 135 Å². The van der Waals surface area contributed by atoms with Gasteiger partial charge in [-0.2, -0.15) is 0 Å². The minimum absolute atomic E-state index is 0. The average molecular weight is 601 g/mol. The summed E-state index contributed by atoms with van der Waals surface area (Å²) in [6.07, 6.45) is 0. The van der Waals surface area contributed by atoms with Crippen LogP contribution >= 0.6 is 8.58 Å². The summed E-state index contributed by atoms with van der Waals surface area (Å²) in [5.41, 5.74) is 0. The molecule has 0 aromatic heterocycles. The van der Waals surface area contributed by atoms with Gasteiger partial charge in [-0.15, -0.1) is 0 Å². The second-order valence-electron chi connectivity index (χ2n) is 5.98. The molecular weight excluding hydrogens is 575 g/mol. The monoisotopic (exact) mass is 601 g/mol. The van der Waals surface area contributed by atoms with Gasteiger partial charge in [-0.25, -0.2) is 0 Å². The maximum atomic E-state index is 7.50. The average Bonchev–Trinajstić information content (AvgIpc) is 3.14. The van der Waals surface area contributed by atoms with E-state index in [-0.39, 0.29) is 34.1 Å². The second kappa shape index (κ2) is 41.5. The molecule has 0 amide bonds. The number of rotatable bonds is 2. The van der Waals surface area contributed by atoms with Crippen LogP contribution in [0.25, 0.3) is 0 Å². The standard InChI is InChI=1S/C12H11P.C10H15.6CO.2Fe/c1-3-7-11(8-4-1)13-12-9-5-2-6-10-12;1-6-7(2)9(4)10(5)8(6)3;6*1-2;;/h1-10,13H;1-5H3;;;;;;;;. The van der Waals surface area contributed by atoms with Crippen LogP contribution in [-0.4, -0.2) is 0 Å². The van der Waals surface area contributed by atoms with Crippen LogP contribution < -0.4 is 10.6 Å². The predicted molar refractivity (Wildman–Crippen MR) is 129 cm³/mol. The van der Waals surface area contributed by atoms with E-state index in [1.165, 1.54) is 40.2 Å². The molecule has 1 saturated carbocycles. The van der Waals surface area contributed by atoms with Crippen molar-refractivity contribution in [2.75, 3.05) is 0 Å². The van der Waals surface area contributed by atoms with Crippen LogP contribution in [0.1, 0.15) is 34.6 Å². The minimum Gasteiger partial charge on any atom is -0.0622 e. The van der Waals surface area contributed by atoms with Gasteiger partial charge >= 0.3 is 67.8 Å². The first-order valence-electron chi connectivity index (χ1n) is 9.30. The third-order valence-corrected chi connectivity index (χ3v) is 5.89. The SMILES string of the molecule is C[C]1[C](C)[C](C)[C](C)[C]1C.[C-]#[O+].[C-]#[O+].[C-]#[O+].[C-]#[O+].[C-]#[O+].[C-]#[O+].[Fe].[Fe].c1ccc(Pc2ccccc2)cc1. The van der Waals surface area contributed by atoms with E-state index in [0.29, 0.717) is 0 Å². The van der Waals surface area contributed by atoms with Crippen molar-refractivity contribution in [2.45, 2.75) is 34.6 Å². The molecule has 9 heteroatoms. The zero-order chi connectivity index (χ0) is 28.8. The first kappa shape index (κ1) is 51.9. The Balaban J connectivity index is -0.0000000675. The molecule has 0 aliphatic heterocycles. The molecule has 2 aromatic rings. The Kier molecular flexibility index (Phi) is 58.2. The van der Waals surface area contributed by atoms with Gasteiger partial charge in [0.2, 0.25) is 0 Å². The van der Waals surface area contributed by atoms with Crippen LogP contribution in [0.4, 0.5) is 0 Å². The summed E-state index contributed by atoms with van der Waals surface area (Å²) in [4.78, 5) is 0. The topological polar surface area (TPSA) is 119 Å². The molecule has 0 heterocycles. The molecule has 0 atom stereocenters. The van der Waals surface area contributed by atoms with Crippen molar-refractivity contribution >= 4 is 19.2 Å². The van der Waals surface area contributed by atoms with Gasteiger partial charge in [-0.3, -0.25) is 0 Å². The third-order valence-electron chi connectivity index (χ3n) is 4.65. The minimum atomic E-state index is 0. The van der Waals surface area contributed by atoms with E-state index in [9.17, 15) is 0 Å². The zero-order valence-corrected chi connectivity index (χ0v) is 24.1. The van der Waals surface area contributed by atoms with Gasteiger partial charge < -0.3 is 0 Å². The Morgan fingerprint density at radius 3 is 0.703 bits per heavy atom. The fourth-order valence-electron chi connectivity index (χ4n) is 2.62. The van der Waals surface area contributed by atoms with Crippen LogP contribution in [0.3, 0.4) is 0 Å². The number of hydrogen-bond donors (Lipinski definition) is 0. The summed E-state index contributed by atoms with van der Waals surface area (Å²) in [6.45, 7) is 38.0. The maximum absolute atomic E-state index is 7.50. The summed E-state index contributed by atoms with van der Waals surface area (Å²) in [6, 6.07) is 21.2. The van der Waals surface area contributed by atoms with Gasteiger partial charge in [-0.1, -0.05) is 104 Å². The largest absolute Gasteiger partial charge is 0.0622 e. The summed E-state index contributed by atoms with van der Waals surface area (Å²) < 4.78 is 45.0. The van der Waals surface area contributed by atoms with Gasteiger partial charge in [0, 0.05) is 34.1 Å². The van der Waals surface area contributed by atoms with Crippen molar-refractivity contribution in [1.82, 2.24) is 0 Å². The second-order valence-corrected chi connectivity index (χ2v) is 7.39. The van der Waals surface area contributed by atoms with E-state index in [1.54, 1.807) is 0 Å². The molecule has 2 aromatic carbocycles. The Bertz CT molecular complexity index is 707. The third kappa shape index (κ3) is 24.4. The van der Waals surface area contributed by atoms with E-state index in [1.807, 2.05) is 0 Å². The first-order chi connectivity index (χ1) is 17.0. The Labute approximate surface area is 245 Å². The maximum Gasteiger partial charge on any atom is 0 e. The number of benzene rings is 2. The zero-order valence-electron chi connectivity index (χ0n) is 20.9. The normalized spacial score (nSPS) is 11.5. The Hall–Kier alpha value is -1.65. The molecule has 0 saturated heterocycles. The van der Waals surface area contributed by atoms with Gasteiger partial charge in [0.25, 0.3) is 0 Å². The van der Waals surface area contributed by atoms with Crippen LogP contribution in [0.5, 0.6) is 0 Å². The molecule has 0 unspecified atom stereocenters. The van der Waals surface area contributed by atoms with Crippen LogP contribution in [0.15, 0.2) is 60.7 Å². The molecule has 195 valence electrons. The van der Waals surface area contributed by atoms with E-state index in [4.69, 9.17) is 27.9 Å².